The molecule has 24 heavy (non-hydrogen) atoms. The number of nitrogens with zero attached hydrogens (tertiary/aromatic N) is 1. The molecule has 1 N–H and O–H groups in total. The number of aryl methyl sites for hydroxylation is 1. The van der Waals surface area contributed by atoms with Crippen LogP contribution in [0.2, 0.25) is 0 Å². The second kappa shape index (κ2) is 5.43. The van der Waals surface area contributed by atoms with E-state index in [1.165, 1.54) is 4.90 Å². The molecule has 1 spiro atoms. The molecule has 4 rings (SSSR count). The minimum absolute atomic E-state index is 0.120. The normalized spacial score (nSPS) is 22.6. The van der Waals surface area contributed by atoms with Crippen LogP contribution in [0.25, 0.3) is 10.4 Å². The number of benzene rings is 1. The quantitative estimate of drug-likeness (QED) is 0.759. The maximum absolute atomic E-state index is 13.0. The zero-order valence-corrected chi connectivity index (χ0v) is 15.8. The summed E-state index contributed by atoms with van der Waals surface area (Å²) >= 11 is 5.14. The third kappa shape index (κ3) is 2.16. The molecule has 0 bridgehead atoms. The van der Waals surface area contributed by atoms with Crippen LogP contribution in [0.5, 0.6) is 0 Å². The minimum atomic E-state index is -0.888. The Morgan fingerprint density at radius 2 is 2.08 bits per heavy atom. The van der Waals surface area contributed by atoms with E-state index in [-0.39, 0.29) is 18.0 Å². The van der Waals surface area contributed by atoms with Gasteiger partial charge in [0.05, 0.1) is 0 Å². The highest BCUT2D eigenvalue weighted by Gasteiger charge is 2.55. The molecule has 1 fully saturated rings. The molecular weight excluding hydrogens is 388 g/mol. The molecule has 1 aromatic carbocycles. The lowest BCUT2D eigenvalue weighted by atomic mass is 9.90. The van der Waals surface area contributed by atoms with Gasteiger partial charge in [-0.2, -0.15) is 0 Å². The lowest BCUT2D eigenvalue weighted by molar-refractivity contribution is -0.132. The van der Waals surface area contributed by atoms with E-state index in [9.17, 15) is 9.59 Å². The van der Waals surface area contributed by atoms with Gasteiger partial charge < -0.3 is 5.32 Å². The fourth-order valence-electron chi connectivity index (χ4n) is 3.68. The van der Waals surface area contributed by atoms with Crippen molar-refractivity contribution in [1.29, 1.82) is 0 Å². The molecule has 1 aliphatic heterocycles. The molecule has 1 aromatic heterocycles. The Balaban J connectivity index is 1.81. The highest BCUT2D eigenvalue weighted by Crippen LogP contribution is 2.44. The Hall–Kier alpha value is -1.66. The predicted octanol–water partition coefficient (Wildman–Crippen LogP) is 4.28. The summed E-state index contributed by atoms with van der Waals surface area (Å²) < 4.78 is 1.05. The van der Waals surface area contributed by atoms with Crippen molar-refractivity contribution in [1.82, 2.24) is 10.2 Å². The van der Waals surface area contributed by atoms with Gasteiger partial charge in [0.1, 0.15) is 5.54 Å². The number of rotatable bonds is 2. The SMILES string of the molecule is CC(C)N1C(=O)NC2(CCc3ccc(-c4cc(Br)cs4)cc32)C1=O. The van der Waals surface area contributed by atoms with Crippen LogP contribution in [0.4, 0.5) is 4.79 Å². The van der Waals surface area contributed by atoms with E-state index < -0.39 is 5.54 Å². The standard InChI is InChI=1S/C18H17BrN2O2S/c1-10(2)21-16(22)18(20-17(21)23)6-5-11-3-4-12(7-14(11)18)15-8-13(19)9-24-15/h3-4,7-10H,5-6H2,1-2H3,(H,20,23). The zero-order chi connectivity index (χ0) is 17.1. The van der Waals surface area contributed by atoms with Crippen molar-refractivity contribution >= 4 is 39.2 Å². The number of hydrogen-bond acceptors (Lipinski definition) is 3. The maximum Gasteiger partial charge on any atom is 0.325 e. The summed E-state index contributed by atoms with van der Waals surface area (Å²) in [4.78, 5) is 27.9. The van der Waals surface area contributed by atoms with Gasteiger partial charge in [0.2, 0.25) is 0 Å². The molecule has 4 nitrogen and oxygen atoms in total. The predicted molar refractivity (Wildman–Crippen MR) is 98.0 cm³/mol. The van der Waals surface area contributed by atoms with Crippen molar-refractivity contribution in [2.45, 2.75) is 38.3 Å². The number of carbonyl (C=O) groups excluding carboxylic acids is 2. The van der Waals surface area contributed by atoms with Gasteiger partial charge >= 0.3 is 6.03 Å². The molecule has 1 unspecified atom stereocenters. The number of hydrogen-bond donors (Lipinski definition) is 1. The number of nitrogens with one attached hydrogen (secondary N) is 1. The van der Waals surface area contributed by atoms with Crippen LogP contribution in [0.3, 0.4) is 0 Å². The van der Waals surface area contributed by atoms with Crippen molar-refractivity contribution in [3.8, 4) is 10.4 Å². The summed E-state index contributed by atoms with van der Waals surface area (Å²) in [5.74, 6) is -0.120. The Bertz CT molecular complexity index is 860. The average Bonchev–Trinajstić information content (AvgIpc) is 3.18. The van der Waals surface area contributed by atoms with E-state index in [1.54, 1.807) is 11.3 Å². The Morgan fingerprint density at radius 1 is 1.29 bits per heavy atom. The third-order valence-corrected chi connectivity index (χ3v) is 6.57. The van der Waals surface area contributed by atoms with Crippen LogP contribution < -0.4 is 5.32 Å². The topological polar surface area (TPSA) is 49.4 Å². The number of thiophene rings is 1. The van der Waals surface area contributed by atoms with Gasteiger partial charge in [-0.05, 0) is 71.4 Å². The maximum atomic E-state index is 13.0. The summed E-state index contributed by atoms with van der Waals surface area (Å²) in [6, 6.07) is 7.90. The van der Waals surface area contributed by atoms with Crippen molar-refractivity contribution in [3.05, 3.63) is 45.2 Å². The van der Waals surface area contributed by atoms with Gasteiger partial charge in [-0.3, -0.25) is 9.69 Å². The Morgan fingerprint density at radius 3 is 2.71 bits per heavy atom. The summed E-state index contributed by atoms with van der Waals surface area (Å²) in [5.41, 5.74) is 2.29. The molecule has 124 valence electrons. The Labute approximate surface area is 153 Å². The van der Waals surface area contributed by atoms with Crippen LogP contribution in [-0.4, -0.2) is 22.9 Å². The number of carbonyl (C=O) groups is 2. The fraction of sp³-hybridized carbons (Fsp3) is 0.333. The number of amides is 3. The van der Waals surface area contributed by atoms with Gasteiger partial charge in [0, 0.05) is 20.8 Å². The van der Waals surface area contributed by atoms with Crippen LogP contribution in [0.15, 0.2) is 34.1 Å². The van der Waals surface area contributed by atoms with Crippen LogP contribution in [0, 0.1) is 0 Å². The van der Waals surface area contributed by atoms with Crippen molar-refractivity contribution < 1.29 is 9.59 Å². The molecule has 0 saturated carbocycles. The highest BCUT2D eigenvalue weighted by atomic mass is 79.9. The van der Waals surface area contributed by atoms with Crippen molar-refractivity contribution in [3.63, 3.8) is 0 Å². The largest absolute Gasteiger partial charge is 0.325 e. The first-order valence-electron chi connectivity index (χ1n) is 7.96. The smallest absolute Gasteiger partial charge is 0.319 e. The van der Waals surface area contributed by atoms with Crippen molar-refractivity contribution in [2.75, 3.05) is 0 Å². The molecule has 1 aliphatic carbocycles. The van der Waals surface area contributed by atoms with E-state index in [1.807, 2.05) is 19.2 Å². The van der Waals surface area contributed by atoms with E-state index in [0.717, 1.165) is 32.5 Å². The van der Waals surface area contributed by atoms with Gasteiger partial charge in [-0.25, -0.2) is 4.79 Å². The lowest BCUT2D eigenvalue weighted by Crippen LogP contribution is -2.42. The zero-order valence-electron chi connectivity index (χ0n) is 13.4. The van der Waals surface area contributed by atoms with Crippen LogP contribution in [0.1, 0.15) is 31.4 Å². The first-order valence-corrected chi connectivity index (χ1v) is 9.63. The third-order valence-electron chi connectivity index (χ3n) is 4.83. The molecule has 3 amide bonds. The van der Waals surface area contributed by atoms with E-state index in [4.69, 9.17) is 0 Å². The molecule has 6 heteroatoms. The summed E-state index contributed by atoms with van der Waals surface area (Å²) in [7, 11) is 0. The summed E-state index contributed by atoms with van der Waals surface area (Å²) in [5, 5.41) is 5.03. The molecule has 1 atom stereocenters. The molecular formula is C18H17BrN2O2S. The first-order chi connectivity index (χ1) is 11.4. The number of urea groups is 1. The summed E-state index contributed by atoms with van der Waals surface area (Å²) in [6.07, 6.45) is 1.44. The van der Waals surface area contributed by atoms with Gasteiger partial charge in [-0.1, -0.05) is 12.1 Å². The molecule has 2 heterocycles. The fourth-order valence-corrected chi connectivity index (χ4v) is 5.11. The number of halogens is 1. The van der Waals surface area contributed by atoms with E-state index >= 15 is 0 Å². The van der Waals surface area contributed by atoms with E-state index in [2.05, 4.69) is 45.5 Å². The van der Waals surface area contributed by atoms with Gasteiger partial charge in [0.25, 0.3) is 5.91 Å². The van der Waals surface area contributed by atoms with Crippen molar-refractivity contribution in [2.24, 2.45) is 0 Å². The molecule has 2 aromatic rings. The number of imide groups is 1. The minimum Gasteiger partial charge on any atom is -0.319 e. The monoisotopic (exact) mass is 404 g/mol. The average molecular weight is 405 g/mol. The molecule has 0 radical (unpaired) electrons. The second-order valence-corrected chi connectivity index (χ2v) is 8.43. The highest BCUT2D eigenvalue weighted by molar-refractivity contribution is 9.10. The molecule has 2 aliphatic rings. The van der Waals surface area contributed by atoms with Gasteiger partial charge in [0.15, 0.2) is 0 Å². The molecule has 1 saturated heterocycles. The Kier molecular flexibility index (Phi) is 3.58. The lowest BCUT2D eigenvalue weighted by Gasteiger charge is -2.24. The second-order valence-electron chi connectivity index (χ2n) is 6.61. The van der Waals surface area contributed by atoms with Crippen LogP contribution in [-0.2, 0) is 16.8 Å². The van der Waals surface area contributed by atoms with Crippen LogP contribution >= 0.6 is 27.3 Å². The summed E-state index contributed by atoms with van der Waals surface area (Å²) in [6.45, 7) is 3.73. The van der Waals surface area contributed by atoms with E-state index in [0.29, 0.717) is 6.42 Å². The first kappa shape index (κ1) is 15.8. The van der Waals surface area contributed by atoms with Gasteiger partial charge in [-0.15, -0.1) is 11.3 Å². The number of fused-ring (bicyclic) bond motifs is 2.